The molecule has 0 aliphatic carbocycles. The molecule has 1 heterocycles. The Bertz CT molecular complexity index is 805. The van der Waals surface area contributed by atoms with E-state index in [0.29, 0.717) is 29.6 Å². The van der Waals surface area contributed by atoms with Gasteiger partial charge in [0.2, 0.25) is 5.91 Å². The predicted molar refractivity (Wildman–Crippen MR) is 130 cm³/mol. The van der Waals surface area contributed by atoms with E-state index in [2.05, 4.69) is 32.9 Å². The van der Waals surface area contributed by atoms with E-state index in [1.807, 2.05) is 32.0 Å². The first-order chi connectivity index (χ1) is 12.9. The van der Waals surface area contributed by atoms with Crippen molar-refractivity contribution in [2.75, 3.05) is 25.5 Å². The van der Waals surface area contributed by atoms with Gasteiger partial charge in [-0.25, -0.2) is 4.98 Å². The quantitative estimate of drug-likeness (QED) is 0.284. The van der Waals surface area contributed by atoms with E-state index in [1.165, 1.54) is 4.88 Å². The van der Waals surface area contributed by atoms with E-state index in [9.17, 15) is 4.79 Å². The third-order valence-corrected chi connectivity index (χ3v) is 5.42. The number of rotatable bonds is 7. The number of benzene rings is 1. The molecule has 9 heteroatoms. The van der Waals surface area contributed by atoms with E-state index < -0.39 is 0 Å². The zero-order valence-electron chi connectivity index (χ0n) is 16.6. The number of anilines is 1. The molecule has 1 amide bonds. The number of nitrogens with one attached hydrogen (secondary N) is 3. The molecule has 0 aliphatic heterocycles. The number of halogens is 2. The number of nitrogens with zero attached hydrogens (tertiary/aromatic N) is 2. The Kier molecular flexibility index (Phi) is 10.8. The number of guanidine groups is 1. The van der Waals surface area contributed by atoms with Crippen molar-refractivity contribution in [3.63, 3.8) is 0 Å². The number of aliphatic imine (C=N–C) groups is 1. The topological polar surface area (TPSA) is 78.4 Å². The Morgan fingerprint density at radius 3 is 2.54 bits per heavy atom. The molecule has 1 aromatic heterocycles. The largest absolute Gasteiger partial charge is 0.356 e. The molecule has 0 bridgehead atoms. The lowest BCUT2D eigenvalue weighted by Crippen LogP contribution is -2.39. The first-order valence-electron chi connectivity index (χ1n) is 8.82. The molecule has 0 unspecified atom stereocenters. The first kappa shape index (κ1) is 24.6. The molecule has 2 rings (SSSR count). The number of aryl methyl sites for hydroxylation is 3. The van der Waals surface area contributed by atoms with E-state index in [0.717, 1.165) is 29.2 Å². The maximum absolute atomic E-state index is 12.1. The van der Waals surface area contributed by atoms with Crippen molar-refractivity contribution in [2.45, 2.75) is 33.6 Å². The molecule has 0 radical (unpaired) electrons. The van der Waals surface area contributed by atoms with Crippen molar-refractivity contribution >= 4 is 64.5 Å². The van der Waals surface area contributed by atoms with Gasteiger partial charge in [-0.05, 0) is 38.5 Å². The van der Waals surface area contributed by atoms with Crippen LogP contribution >= 0.6 is 46.9 Å². The molecule has 0 saturated heterocycles. The fraction of sp³-hybridized carbons (Fsp3) is 0.421. The molecule has 154 valence electrons. The summed E-state index contributed by atoms with van der Waals surface area (Å²) in [4.78, 5) is 22.0. The average molecular weight is 536 g/mol. The van der Waals surface area contributed by atoms with E-state index in [4.69, 9.17) is 11.6 Å². The van der Waals surface area contributed by atoms with Gasteiger partial charge in [0.15, 0.2) is 5.96 Å². The lowest BCUT2D eigenvalue weighted by atomic mass is 10.2. The van der Waals surface area contributed by atoms with Crippen molar-refractivity contribution in [2.24, 2.45) is 4.99 Å². The van der Waals surface area contributed by atoms with Crippen LogP contribution < -0.4 is 16.0 Å². The van der Waals surface area contributed by atoms with Crippen LogP contribution in [0.1, 0.15) is 27.6 Å². The molecule has 2 aromatic rings. The van der Waals surface area contributed by atoms with Crippen LogP contribution in [0.3, 0.4) is 0 Å². The number of carbonyl (C=O) groups excluding carboxylic acids is 1. The fourth-order valence-corrected chi connectivity index (χ4v) is 3.60. The lowest BCUT2D eigenvalue weighted by molar-refractivity contribution is -0.116. The second kappa shape index (κ2) is 12.2. The maximum atomic E-state index is 12.1. The van der Waals surface area contributed by atoms with Gasteiger partial charge in [-0.1, -0.05) is 17.7 Å². The van der Waals surface area contributed by atoms with Crippen LogP contribution in [0.4, 0.5) is 5.69 Å². The average Bonchev–Trinajstić information content (AvgIpc) is 2.94. The summed E-state index contributed by atoms with van der Waals surface area (Å²) in [5.41, 5.74) is 2.78. The van der Waals surface area contributed by atoms with Gasteiger partial charge in [0.05, 0.1) is 21.4 Å². The third kappa shape index (κ3) is 7.92. The highest BCUT2D eigenvalue weighted by Gasteiger charge is 2.07. The maximum Gasteiger partial charge on any atom is 0.226 e. The molecular weight excluding hydrogens is 509 g/mol. The third-order valence-electron chi connectivity index (χ3n) is 3.97. The molecule has 28 heavy (non-hydrogen) atoms. The smallest absolute Gasteiger partial charge is 0.226 e. The molecule has 0 aliphatic rings. The summed E-state index contributed by atoms with van der Waals surface area (Å²) in [6, 6.07) is 5.55. The van der Waals surface area contributed by atoms with Gasteiger partial charge in [0, 0.05) is 37.9 Å². The highest BCUT2D eigenvalue weighted by molar-refractivity contribution is 14.0. The number of hydrogen-bond donors (Lipinski definition) is 3. The summed E-state index contributed by atoms with van der Waals surface area (Å²) in [6.45, 7) is 7.27. The van der Waals surface area contributed by atoms with Gasteiger partial charge in [-0.15, -0.1) is 35.3 Å². The van der Waals surface area contributed by atoms with Crippen LogP contribution in [-0.4, -0.2) is 37.0 Å². The van der Waals surface area contributed by atoms with Gasteiger partial charge in [-0.2, -0.15) is 0 Å². The number of amides is 1. The minimum atomic E-state index is -0.0996. The van der Waals surface area contributed by atoms with E-state index in [1.54, 1.807) is 18.4 Å². The number of carbonyl (C=O) groups is 1. The summed E-state index contributed by atoms with van der Waals surface area (Å²) in [7, 11) is 1.71. The summed E-state index contributed by atoms with van der Waals surface area (Å²) in [5.74, 6) is 0.568. The van der Waals surface area contributed by atoms with Gasteiger partial charge in [-0.3, -0.25) is 9.79 Å². The molecule has 0 saturated carbocycles. The van der Waals surface area contributed by atoms with E-state index in [-0.39, 0.29) is 29.9 Å². The Hall–Kier alpha value is -1.39. The number of aromatic nitrogens is 1. The van der Waals surface area contributed by atoms with Gasteiger partial charge in [0.25, 0.3) is 0 Å². The Morgan fingerprint density at radius 2 is 1.93 bits per heavy atom. The highest BCUT2D eigenvalue weighted by atomic mass is 127. The molecule has 0 fully saturated rings. The highest BCUT2D eigenvalue weighted by Crippen LogP contribution is 2.22. The van der Waals surface area contributed by atoms with Gasteiger partial charge >= 0.3 is 0 Å². The normalized spacial score (nSPS) is 11.0. The minimum absolute atomic E-state index is 0. The van der Waals surface area contributed by atoms with Crippen LogP contribution in [0.5, 0.6) is 0 Å². The summed E-state index contributed by atoms with van der Waals surface area (Å²) >= 11 is 7.86. The molecule has 0 spiro atoms. The first-order valence-corrected chi connectivity index (χ1v) is 10.0. The summed E-state index contributed by atoms with van der Waals surface area (Å²) in [5, 5.41) is 10.9. The molecule has 1 aromatic carbocycles. The number of thiazole rings is 1. The Labute approximate surface area is 192 Å². The Balaban J connectivity index is 0.00000392. The molecule has 6 nitrogen and oxygen atoms in total. The van der Waals surface area contributed by atoms with Gasteiger partial charge < -0.3 is 16.0 Å². The van der Waals surface area contributed by atoms with Crippen LogP contribution in [0.2, 0.25) is 5.02 Å². The minimum Gasteiger partial charge on any atom is -0.356 e. The monoisotopic (exact) mass is 535 g/mol. The fourth-order valence-electron chi connectivity index (χ4n) is 2.38. The van der Waals surface area contributed by atoms with Crippen molar-refractivity contribution < 1.29 is 4.79 Å². The zero-order chi connectivity index (χ0) is 19.8. The molecule has 3 N–H and O–H groups in total. The second-order valence-electron chi connectivity index (χ2n) is 6.21. The van der Waals surface area contributed by atoms with Crippen LogP contribution in [-0.2, 0) is 11.2 Å². The predicted octanol–water partition coefficient (Wildman–Crippen LogP) is 4.08. The SMILES string of the molecule is CN=C(NCCC(=O)Nc1ccc(C)cc1Cl)NCCc1nc(C)c(C)s1.I. The Morgan fingerprint density at radius 1 is 1.21 bits per heavy atom. The van der Waals surface area contributed by atoms with Crippen molar-refractivity contribution in [3.05, 3.63) is 44.4 Å². The molecular formula is C19H27ClIN5OS. The standard InChI is InChI=1S/C19H26ClN5OS.HI/c1-12-5-6-16(15(20)11-12)25-17(26)7-9-22-19(21-4)23-10-8-18-24-13(2)14(3)27-18;/h5-6,11H,7-10H2,1-4H3,(H,25,26)(H2,21,22,23);1H. The van der Waals surface area contributed by atoms with Crippen molar-refractivity contribution in [1.82, 2.24) is 15.6 Å². The van der Waals surface area contributed by atoms with Crippen molar-refractivity contribution in [3.8, 4) is 0 Å². The molecule has 0 atom stereocenters. The van der Waals surface area contributed by atoms with Crippen LogP contribution in [0, 0.1) is 20.8 Å². The second-order valence-corrected chi connectivity index (χ2v) is 7.90. The summed E-state index contributed by atoms with van der Waals surface area (Å²) < 4.78 is 0. The van der Waals surface area contributed by atoms with Gasteiger partial charge in [0.1, 0.15) is 0 Å². The number of hydrogen-bond acceptors (Lipinski definition) is 4. The van der Waals surface area contributed by atoms with E-state index >= 15 is 0 Å². The van der Waals surface area contributed by atoms with Crippen molar-refractivity contribution in [1.29, 1.82) is 0 Å². The lowest BCUT2D eigenvalue weighted by Gasteiger charge is -2.12. The van der Waals surface area contributed by atoms with Crippen LogP contribution in [0.25, 0.3) is 0 Å². The zero-order valence-corrected chi connectivity index (χ0v) is 20.5. The summed E-state index contributed by atoms with van der Waals surface area (Å²) in [6.07, 6.45) is 1.15. The van der Waals surface area contributed by atoms with Crippen LogP contribution in [0.15, 0.2) is 23.2 Å².